The van der Waals surface area contributed by atoms with Gasteiger partial charge in [0.15, 0.2) is 11.5 Å². The maximum absolute atomic E-state index is 12.4. The highest BCUT2D eigenvalue weighted by molar-refractivity contribution is 6.42. The number of ether oxygens (including phenoxy) is 2. The molecule has 1 N–H and O–H groups in total. The Balaban J connectivity index is 1.61. The molecule has 3 aromatic rings. The van der Waals surface area contributed by atoms with Crippen LogP contribution in [0.5, 0.6) is 11.5 Å². The lowest BCUT2D eigenvalue weighted by Crippen LogP contribution is -2.43. The van der Waals surface area contributed by atoms with Crippen LogP contribution < -0.4 is 25.3 Å². The van der Waals surface area contributed by atoms with Gasteiger partial charge in [-0.2, -0.15) is 0 Å². The Morgan fingerprint density at radius 3 is 2.60 bits per heavy atom. The van der Waals surface area contributed by atoms with E-state index in [2.05, 4.69) is 10.2 Å². The maximum Gasteiger partial charge on any atom is 0.338 e. The molecule has 0 bridgehead atoms. The number of hydrogen-bond donors (Lipinski definition) is 1. The van der Waals surface area contributed by atoms with Crippen molar-refractivity contribution < 1.29 is 13.9 Å². The molecule has 2 aliphatic rings. The zero-order chi connectivity index (χ0) is 20.7. The molecule has 5 rings (SSSR count). The van der Waals surface area contributed by atoms with Crippen molar-refractivity contribution in [1.82, 2.24) is 5.32 Å². The number of hydrogen-bond acceptors (Lipinski definition) is 6. The molecule has 1 fully saturated rings. The molecule has 30 heavy (non-hydrogen) atoms. The number of rotatable bonds is 4. The Morgan fingerprint density at radius 2 is 1.77 bits per heavy atom. The van der Waals surface area contributed by atoms with Gasteiger partial charge in [0.05, 0.1) is 15.7 Å². The standard InChI is InChI=1S/C22H20Cl2N2O4/c23-16-8-15-18(10-22(27)30-20(15)9-17(16)24)26(14-3-5-25-6-4-14)11-13-1-2-19-21(7-13)29-12-28-19/h1-2,7-10,14,25H,3-6,11-12H2. The third kappa shape index (κ3) is 3.71. The number of anilines is 1. The van der Waals surface area contributed by atoms with Crippen molar-refractivity contribution in [3.8, 4) is 11.5 Å². The molecule has 0 amide bonds. The van der Waals surface area contributed by atoms with Crippen LogP contribution in [0.2, 0.25) is 10.0 Å². The van der Waals surface area contributed by atoms with Gasteiger partial charge in [0.2, 0.25) is 6.79 Å². The molecule has 0 unspecified atom stereocenters. The van der Waals surface area contributed by atoms with Crippen molar-refractivity contribution in [2.75, 3.05) is 24.8 Å². The Hall–Kier alpha value is -2.41. The normalized spacial score (nSPS) is 16.2. The molecule has 0 saturated carbocycles. The zero-order valence-corrected chi connectivity index (χ0v) is 17.6. The van der Waals surface area contributed by atoms with Crippen LogP contribution in [0.15, 0.2) is 45.6 Å². The number of nitrogens with one attached hydrogen (secondary N) is 1. The second-order valence-corrected chi connectivity index (χ2v) is 8.32. The van der Waals surface area contributed by atoms with Crippen LogP contribution in [-0.4, -0.2) is 25.9 Å². The van der Waals surface area contributed by atoms with Gasteiger partial charge in [-0.15, -0.1) is 0 Å². The van der Waals surface area contributed by atoms with Gasteiger partial charge < -0.3 is 24.1 Å². The summed E-state index contributed by atoms with van der Waals surface area (Å²) in [6.07, 6.45) is 1.93. The molecular formula is C22H20Cl2N2O4. The van der Waals surface area contributed by atoms with Crippen LogP contribution in [-0.2, 0) is 6.54 Å². The second kappa shape index (κ2) is 8.02. The van der Waals surface area contributed by atoms with Gasteiger partial charge in [0, 0.05) is 30.1 Å². The minimum atomic E-state index is -0.416. The average Bonchev–Trinajstić information content (AvgIpc) is 3.21. The fourth-order valence-corrected chi connectivity index (χ4v) is 4.46. The van der Waals surface area contributed by atoms with E-state index in [0.717, 1.165) is 54.1 Å². The van der Waals surface area contributed by atoms with E-state index in [9.17, 15) is 4.79 Å². The molecule has 2 aliphatic heterocycles. The monoisotopic (exact) mass is 446 g/mol. The summed E-state index contributed by atoms with van der Waals surface area (Å²) < 4.78 is 16.4. The van der Waals surface area contributed by atoms with Crippen molar-refractivity contribution >= 4 is 39.9 Å². The summed E-state index contributed by atoms with van der Waals surface area (Å²) in [6, 6.07) is 11.1. The van der Waals surface area contributed by atoms with Crippen LogP contribution in [0.25, 0.3) is 11.0 Å². The summed E-state index contributed by atoms with van der Waals surface area (Å²) in [5, 5.41) is 4.95. The Bertz CT molecular complexity index is 1160. The number of halogens is 2. The minimum Gasteiger partial charge on any atom is -0.454 e. The smallest absolute Gasteiger partial charge is 0.338 e. The summed E-state index contributed by atoms with van der Waals surface area (Å²) in [5.74, 6) is 1.49. The molecule has 0 radical (unpaired) electrons. The van der Waals surface area contributed by atoms with E-state index in [4.69, 9.17) is 37.1 Å². The first-order valence-corrected chi connectivity index (χ1v) is 10.6. The van der Waals surface area contributed by atoms with Crippen molar-refractivity contribution in [2.24, 2.45) is 0 Å². The van der Waals surface area contributed by atoms with Gasteiger partial charge in [0.1, 0.15) is 5.58 Å². The highest BCUT2D eigenvalue weighted by Crippen LogP contribution is 2.37. The van der Waals surface area contributed by atoms with E-state index >= 15 is 0 Å². The average molecular weight is 447 g/mol. The van der Waals surface area contributed by atoms with Gasteiger partial charge in [0.25, 0.3) is 0 Å². The van der Waals surface area contributed by atoms with E-state index in [0.29, 0.717) is 22.2 Å². The highest BCUT2D eigenvalue weighted by Gasteiger charge is 2.25. The van der Waals surface area contributed by atoms with E-state index in [-0.39, 0.29) is 12.8 Å². The SMILES string of the molecule is O=c1cc(N(Cc2ccc3c(c2)OCO3)C2CCNCC2)c2cc(Cl)c(Cl)cc2o1. The summed E-state index contributed by atoms with van der Waals surface area (Å²) in [7, 11) is 0. The van der Waals surface area contributed by atoms with Crippen LogP contribution in [0.1, 0.15) is 18.4 Å². The van der Waals surface area contributed by atoms with E-state index in [1.165, 1.54) is 0 Å². The molecule has 156 valence electrons. The quantitative estimate of drug-likeness (QED) is 0.591. The van der Waals surface area contributed by atoms with Gasteiger partial charge in [-0.25, -0.2) is 4.79 Å². The highest BCUT2D eigenvalue weighted by atomic mass is 35.5. The van der Waals surface area contributed by atoms with E-state index in [1.54, 1.807) is 18.2 Å². The van der Waals surface area contributed by atoms with E-state index in [1.807, 2.05) is 18.2 Å². The lowest BCUT2D eigenvalue weighted by atomic mass is 10.0. The largest absolute Gasteiger partial charge is 0.454 e. The predicted octanol–water partition coefficient (Wildman–Crippen LogP) is 4.59. The summed E-state index contributed by atoms with van der Waals surface area (Å²) in [4.78, 5) is 14.6. The summed E-state index contributed by atoms with van der Waals surface area (Å²) >= 11 is 12.5. The molecule has 1 saturated heterocycles. The lowest BCUT2D eigenvalue weighted by molar-refractivity contribution is 0.174. The second-order valence-electron chi connectivity index (χ2n) is 7.51. The van der Waals surface area contributed by atoms with Gasteiger partial charge in [-0.3, -0.25) is 0 Å². The fraction of sp³-hybridized carbons (Fsp3) is 0.318. The van der Waals surface area contributed by atoms with Crippen molar-refractivity contribution in [3.63, 3.8) is 0 Å². The number of fused-ring (bicyclic) bond motifs is 2. The first-order valence-electron chi connectivity index (χ1n) is 9.87. The third-order valence-electron chi connectivity index (χ3n) is 5.61. The molecule has 2 aromatic carbocycles. The van der Waals surface area contributed by atoms with Gasteiger partial charge in [-0.05, 0) is 49.7 Å². The number of benzene rings is 2. The first kappa shape index (κ1) is 19.5. The van der Waals surface area contributed by atoms with Crippen LogP contribution >= 0.6 is 23.2 Å². The minimum absolute atomic E-state index is 0.237. The molecule has 0 spiro atoms. The topological polar surface area (TPSA) is 63.9 Å². The predicted molar refractivity (Wildman–Crippen MR) is 117 cm³/mol. The molecule has 3 heterocycles. The molecular weight excluding hydrogens is 427 g/mol. The van der Waals surface area contributed by atoms with Gasteiger partial charge >= 0.3 is 5.63 Å². The molecule has 0 aliphatic carbocycles. The van der Waals surface area contributed by atoms with Crippen LogP contribution in [0.4, 0.5) is 5.69 Å². The van der Waals surface area contributed by atoms with Crippen LogP contribution in [0, 0.1) is 0 Å². The number of piperidine rings is 1. The molecule has 6 nitrogen and oxygen atoms in total. The van der Waals surface area contributed by atoms with Crippen molar-refractivity contribution in [3.05, 3.63) is 62.4 Å². The Labute approximate surface area is 183 Å². The fourth-order valence-electron chi connectivity index (χ4n) is 4.14. The maximum atomic E-state index is 12.4. The lowest BCUT2D eigenvalue weighted by Gasteiger charge is -2.37. The summed E-state index contributed by atoms with van der Waals surface area (Å²) in [6.45, 7) is 2.70. The molecule has 1 aromatic heterocycles. The Kier molecular flexibility index (Phi) is 5.23. The zero-order valence-electron chi connectivity index (χ0n) is 16.1. The number of nitrogens with zero attached hydrogens (tertiary/aromatic N) is 1. The van der Waals surface area contributed by atoms with E-state index < -0.39 is 5.63 Å². The van der Waals surface area contributed by atoms with Gasteiger partial charge in [-0.1, -0.05) is 29.3 Å². The van der Waals surface area contributed by atoms with Crippen molar-refractivity contribution in [1.29, 1.82) is 0 Å². The Morgan fingerprint density at radius 1 is 1.00 bits per heavy atom. The third-order valence-corrected chi connectivity index (χ3v) is 6.33. The van der Waals surface area contributed by atoms with Crippen LogP contribution in [0.3, 0.4) is 0 Å². The molecule has 8 heteroatoms. The van der Waals surface area contributed by atoms with Crippen molar-refractivity contribution in [2.45, 2.75) is 25.4 Å². The summed E-state index contributed by atoms with van der Waals surface area (Å²) in [5.41, 5.74) is 1.88. The molecule has 0 atom stereocenters. The first-order chi connectivity index (χ1) is 14.6.